The van der Waals surface area contributed by atoms with Crippen molar-refractivity contribution in [1.82, 2.24) is 5.32 Å². The van der Waals surface area contributed by atoms with Gasteiger partial charge in [0.1, 0.15) is 18.5 Å². The van der Waals surface area contributed by atoms with Gasteiger partial charge < -0.3 is 19.5 Å². The summed E-state index contributed by atoms with van der Waals surface area (Å²) in [4.78, 5) is 12.1. The first-order chi connectivity index (χ1) is 11.2. The molecule has 0 bridgehead atoms. The number of fused-ring (bicyclic) bond motifs is 1. The minimum atomic E-state index is -0.575. The van der Waals surface area contributed by atoms with E-state index >= 15 is 0 Å². The van der Waals surface area contributed by atoms with Crippen LogP contribution >= 0.6 is 0 Å². The van der Waals surface area contributed by atoms with Gasteiger partial charge in [0.25, 0.3) is 5.91 Å². The van der Waals surface area contributed by atoms with E-state index in [2.05, 4.69) is 5.32 Å². The normalized spacial score (nSPS) is 17.2. The standard InChI is InChI=1S/C18H19NO4/c1-13(22-14-7-3-2-4-8-14)18(20)19-11-15-12-21-16-9-5-6-10-17(16)23-15/h2-10,13,15H,11-12H2,1H3,(H,19,20)/t13-,15-/m1/s1. The summed E-state index contributed by atoms with van der Waals surface area (Å²) in [5.74, 6) is 1.92. The number of hydrogen-bond acceptors (Lipinski definition) is 4. The molecule has 5 heteroatoms. The summed E-state index contributed by atoms with van der Waals surface area (Å²) in [6.07, 6.45) is -0.785. The van der Waals surface area contributed by atoms with E-state index in [1.165, 1.54) is 0 Å². The first kappa shape index (κ1) is 15.2. The van der Waals surface area contributed by atoms with Crippen molar-refractivity contribution in [2.45, 2.75) is 19.1 Å². The molecule has 0 fully saturated rings. The molecule has 120 valence electrons. The number of ether oxygens (including phenoxy) is 3. The quantitative estimate of drug-likeness (QED) is 0.921. The summed E-state index contributed by atoms with van der Waals surface area (Å²) < 4.78 is 17.0. The van der Waals surface area contributed by atoms with Gasteiger partial charge in [0, 0.05) is 0 Å². The van der Waals surface area contributed by atoms with Crippen molar-refractivity contribution in [1.29, 1.82) is 0 Å². The highest BCUT2D eigenvalue weighted by molar-refractivity contribution is 5.80. The van der Waals surface area contributed by atoms with Gasteiger partial charge in [-0.25, -0.2) is 0 Å². The molecule has 3 rings (SSSR count). The van der Waals surface area contributed by atoms with E-state index in [0.29, 0.717) is 24.7 Å². The molecule has 1 amide bonds. The molecule has 0 spiro atoms. The molecule has 0 saturated carbocycles. The van der Waals surface area contributed by atoms with Crippen LogP contribution in [-0.2, 0) is 4.79 Å². The fraction of sp³-hybridized carbons (Fsp3) is 0.278. The van der Waals surface area contributed by atoms with E-state index in [9.17, 15) is 4.79 Å². The molecule has 1 aliphatic rings. The monoisotopic (exact) mass is 313 g/mol. The van der Waals surface area contributed by atoms with E-state index < -0.39 is 6.10 Å². The van der Waals surface area contributed by atoms with E-state index in [1.54, 1.807) is 6.92 Å². The van der Waals surface area contributed by atoms with Crippen LogP contribution in [0.5, 0.6) is 17.2 Å². The number of carbonyl (C=O) groups excluding carboxylic acids is 1. The number of carbonyl (C=O) groups is 1. The molecule has 2 aromatic carbocycles. The fourth-order valence-electron chi connectivity index (χ4n) is 2.28. The van der Waals surface area contributed by atoms with Crippen LogP contribution in [0.2, 0.25) is 0 Å². The Morgan fingerprint density at radius 2 is 1.87 bits per heavy atom. The van der Waals surface area contributed by atoms with Crippen molar-refractivity contribution < 1.29 is 19.0 Å². The zero-order valence-electron chi connectivity index (χ0n) is 12.9. The molecular weight excluding hydrogens is 294 g/mol. The summed E-state index contributed by atoms with van der Waals surface area (Å²) in [7, 11) is 0. The van der Waals surface area contributed by atoms with Crippen LogP contribution in [0.3, 0.4) is 0 Å². The molecule has 0 aliphatic carbocycles. The Bertz CT molecular complexity index is 659. The van der Waals surface area contributed by atoms with Gasteiger partial charge in [0.15, 0.2) is 17.6 Å². The Hall–Kier alpha value is -2.69. The second-order valence-electron chi connectivity index (χ2n) is 5.32. The molecular formula is C18H19NO4. The Balaban J connectivity index is 1.48. The molecule has 0 unspecified atom stereocenters. The number of amides is 1. The van der Waals surface area contributed by atoms with Gasteiger partial charge in [-0.1, -0.05) is 30.3 Å². The average molecular weight is 313 g/mol. The fourth-order valence-corrected chi connectivity index (χ4v) is 2.28. The molecule has 1 N–H and O–H groups in total. The number of benzene rings is 2. The third-order valence-electron chi connectivity index (χ3n) is 3.50. The second-order valence-corrected chi connectivity index (χ2v) is 5.32. The molecule has 0 saturated heterocycles. The van der Waals surface area contributed by atoms with Crippen molar-refractivity contribution in [2.75, 3.05) is 13.2 Å². The topological polar surface area (TPSA) is 56.8 Å². The molecule has 23 heavy (non-hydrogen) atoms. The molecule has 5 nitrogen and oxygen atoms in total. The van der Waals surface area contributed by atoms with Crippen LogP contribution < -0.4 is 19.5 Å². The third kappa shape index (κ3) is 3.94. The Morgan fingerprint density at radius 1 is 1.17 bits per heavy atom. The van der Waals surface area contributed by atoms with Crippen LogP contribution in [0.4, 0.5) is 0 Å². The number of rotatable bonds is 5. The van der Waals surface area contributed by atoms with Crippen molar-refractivity contribution in [3.63, 3.8) is 0 Å². The van der Waals surface area contributed by atoms with E-state index in [0.717, 1.165) is 5.75 Å². The lowest BCUT2D eigenvalue weighted by Crippen LogP contribution is -2.44. The van der Waals surface area contributed by atoms with Crippen molar-refractivity contribution >= 4 is 5.91 Å². The van der Waals surface area contributed by atoms with Crippen LogP contribution in [-0.4, -0.2) is 31.3 Å². The zero-order valence-corrected chi connectivity index (χ0v) is 12.9. The predicted octanol–water partition coefficient (Wildman–Crippen LogP) is 2.41. The maximum absolute atomic E-state index is 12.1. The maximum atomic E-state index is 12.1. The Labute approximate surface area is 135 Å². The van der Waals surface area contributed by atoms with Crippen LogP contribution in [0, 0.1) is 0 Å². The lowest BCUT2D eigenvalue weighted by atomic mass is 10.2. The molecule has 1 heterocycles. The van der Waals surface area contributed by atoms with E-state index in [4.69, 9.17) is 14.2 Å². The molecule has 1 aliphatic heterocycles. The van der Waals surface area contributed by atoms with Gasteiger partial charge in [-0.2, -0.15) is 0 Å². The van der Waals surface area contributed by atoms with Crippen molar-refractivity contribution in [2.24, 2.45) is 0 Å². The second kappa shape index (κ2) is 7.05. The zero-order chi connectivity index (χ0) is 16.1. The highest BCUT2D eigenvalue weighted by atomic mass is 16.6. The van der Waals surface area contributed by atoms with Crippen LogP contribution in [0.25, 0.3) is 0 Å². The van der Waals surface area contributed by atoms with Gasteiger partial charge in [0.05, 0.1) is 6.54 Å². The van der Waals surface area contributed by atoms with Gasteiger partial charge in [0.2, 0.25) is 0 Å². The third-order valence-corrected chi connectivity index (χ3v) is 3.50. The summed E-state index contributed by atoms with van der Waals surface area (Å²) in [6, 6.07) is 16.8. The summed E-state index contributed by atoms with van der Waals surface area (Å²) in [5, 5.41) is 2.83. The average Bonchev–Trinajstić information content (AvgIpc) is 2.60. The van der Waals surface area contributed by atoms with Gasteiger partial charge in [-0.3, -0.25) is 4.79 Å². The smallest absolute Gasteiger partial charge is 0.260 e. The van der Waals surface area contributed by atoms with E-state index in [1.807, 2.05) is 54.6 Å². The number of hydrogen-bond donors (Lipinski definition) is 1. The summed E-state index contributed by atoms with van der Waals surface area (Å²) >= 11 is 0. The molecule has 0 aromatic heterocycles. The lowest BCUT2D eigenvalue weighted by molar-refractivity contribution is -0.127. The summed E-state index contributed by atoms with van der Waals surface area (Å²) in [5.41, 5.74) is 0. The van der Waals surface area contributed by atoms with Gasteiger partial charge >= 0.3 is 0 Å². The minimum Gasteiger partial charge on any atom is -0.486 e. The number of nitrogens with one attached hydrogen (secondary N) is 1. The highest BCUT2D eigenvalue weighted by Gasteiger charge is 2.22. The maximum Gasteiger partial charge on any atom is 0.260 e. The SMILES string of the molecule is C[C@@H](Oc1ccccc1)C(=O)NC[C@@H]1COc2ccccc2O1. The largest absolute Gasteiger partial charge is 0.486 e. The molecule has 0 radical (unpaired) electrons. The first-order valence-electron chi connectivity index (χ1n) is 7.60. The van der Waals surface area contributed by atoms with Gasteiger partial charge in [-0.05, 0) is 31.2 Å². The summed E-state index contributed by atoms with van der Waals surface area (Å²) in [6.45, 7) is 2.50. The Kier molecular flexibility index (Phi) is 4.66. The highest BCUT2D eigenvalue weighted by Crippen LogP contribution is 2.30. The molecule has 2 aromatic rings. The van der Waals surface area contributed by atoms with Crippen molar-refractivity contribution in [3.05, 3.63) is 54.6 Å². The first-order valence-corrected chi connectivity index (χ1v) is 7.60. The lowest BCUT2D eigenvalue weighted by Gasteiger charge is -2.27. The van der Waals surface area contributed by atoms with E-state index in [-0.39, 0.29) is 12.0 Å². The van der Waals surface area contributed by atoms with Crippen LogP contribution in [0.1, 0.15) is 6.92 Å². The molecule has 2 atom stereocenters. The van der Waals surface area contributed by atoms with Gasteiger partial charge in [-0.15, -0.1) is 0 Å². The number of para-hydroxylation sites is 3. The van der Waals surface area contributed by atoms with Crippen LogP contribution in [0.15, 0.2) is 54.6 Å². The predicted molar refractivity (Wildman–Crippen MR) is 85.9 cm³/mol. The Morgan fingerprint density at radius 3 is 2.65 bits per heavy atom. The minimum absolute atomic E-state index is 0.184. The van der Waals surface area contributed by atoms with Crippen molar-refractivity contribution in [3.8, 4) is 17.2 Å².